The second kappa shape index (κ2) is 5.41. The van der Waals surface area contributed by atoms with Gasteiger partial charge in [-0.3, -0.25) is 0 Å². The summed E-state index contributed by atoms with van der Waals surface area (Å²) in [6.07, 6.45) is 0.975. The topological polar surface area (TPSA) is 41.6 Å². The minimum atomic E-state index is 0.246. The van der Waals surface area contributed by atoms with Crippen molar-refractivity contribution in [3.8, 4) is 6.07 Å². The maximum atomic E-state index is 9.25. The van der Waals surface area contributed by atoms with Crippen molar-refractivity contribution in [3.05, 3.63) is 65.5 Å². The van der Waals surface area contributed by atoms with Gasteiger partial charge in [-0.2, -0.15) is 5.26 Å². The van der Waals surface area contributed by atoms with Crippen LogP contribution in [0.25, 0.3) is 11.0 Å². The summed E-state index contributed by atoms with van der Waals surface area (Å²) in [5.41, 5.74) is 3.71. The van der Waals surface area contributed by atoms with E-state index in [1.165, 1.54) is 5.56 Å². The summed E-state index contributed by atoms with van der Waals surface area (Å²) in [5, 5.41) is 9.25. The van der Waals surface area contributed by atoms with E-state index in [-0.39, 0.29) is 5.92 Å². The van der Waals surface area contributed by atoms with Crippen LogP contribution in [0.3, 0.4) is 0 Å². The summed E-state index contributed by atoms with van der Waals surface area (Å²) in [5.74, 6) is 1.26. The minimum absolute atomic E-state index is 0.246. The molecule has 0 spiro atoms. The van der Waals surface area contributed by atoms with Crippen LogP contribution < -0.4 is 0 Å². The van der Waals surface area contributed by atoms with E-state index in [2.05, 4.69) is 41.8 Å². The van der Waals surface area contributed by atoms with E-state index in [4.69, 9.17) is 4.98 Å². The van der Waals surface area contributed by atoms with Crippen molar-refractivity contribution in [2.24, 2.45) is 7.05 Å². The molecule has 0 amide bonds. The van der Waals surface area contributed by atoms with Crippen molar-refractivity contribution in [3.63, 3.8) is 0 Å². The first-order valence-electron chi connectivity index (χ1n) is 7.16. The van der Waals surface area contributed by atoms with E-state index < -0.39 is 0 Å². The second-order valence-corrected chi connectivity index (χ2v) is 5.19. The highest BCUT2D eigenvalue weighted by molar-refractivity contribution is 5.82. The maximum absolute atomic E-state index is 9.25. The molecule has 0 saturated carbocycles. The lowest BCUT2D eigenvalue weighted by Gasteiger charge is -2.15. The van der Waals surface area contributed by atoms with Gasteiger partial charge in [0.15, 0.2) is 0 Å². The number of para-hydroxylation sites is 1. The molecule has 0 radical (unpaired) electrons. The number of fused-ring (bicyclic) bond motifs is 1. The van der Waals surface area contributed by atoms with Crippen molar-refractivity contribution >= 4 is 11.0 Å². The summed E-state index contributed by atoms with van der Waals surface area (Å²) in [6, 6.07) is 18.4. The molecule has 0 N–H and O–H groups in total. The minimum Gasteiger partial charge on any atom is -0.331 e. The average molecular weight is 275 g/mol. The predicted octanol–water partition coefficient (Wildman–Crippen LogP) is 3.99. The molecule has 21 heavy (non-hydrogen) atoms. The summed E-state index contributed by atoms with van der Waals surface area (Å²) >= 11 is 0. The maximum Gasteiger partial charge on any atom is 0.117 e. The Bertz CT molecular complexity index is 810. The highest BCUT2D eigenvalue weighted by Crippen LogP contribution is 2.30. The molecule has 0 fully saturated rings. The third-order valence-corrected chi connectivity index (χ3v) is 3.99. The van der Waals surface area contributed by atoms with Gasteiger partial charge in [-0.05, 0) is 24.1 Å². The Morgan fingerprint density at radius 1 is 1.14 bits per heavy atom. The van der Waals surface area contributed by atoms with Crippen molar-refractivity contribution in [1.82, 2.24) is 9.55 Å². The lowest BCUT2D eigenvalue weighted by molar-refractivity contribution is 0.681. The first kappa shape index (κ1) is 13.4. The normalized spacial score (nSPS) is 12.2. The Morgan fingerprint density at radius 2 is 1.90 bits per heavy atom. The van der Waals surface area contributed by atoms with Crippen LogP contribution in [0, 0.1) is 11.3 Å². The quantitative estimate of drug-likeness (QED) is 0.725. The van der Waals surface area contributed by atoms with Crippen LogP contribution in [0.1, 0.15) is 36.2 Å². The molecule has 0 aliphatic heterocycles. The van der Waals surface area contributed by atoms with Gasteiger partial charge in [0.2, 0.25) is 0 Å². The number of nitrogens with zero attached hydrogens (tertiary/aromatic N) is 3. The Labute approximate surface area is 124 Å². The molecular weight excluding hydrogens is 258 g/mol. The van der Waals surface area contributed by atoms with Gasteiger partial charge in [0.25, 0.3) is 0 Å². The Hall–Kier alpha value is -2.60. The molecule has 2 aromatic carbocycles. The van der Waals surface area contributed by atoms with Gasteiger partial charge in [0.1, 0.15) is 17.4 Å². The fourth-order valence-corrected chi connectivity index (χ4v) is 2.89. The average Bonchev–Trinajstić information content (AvgIpc) is 2.87. The largest absolute Gasteiger partial charge is 0.331 e. The first-order valence-corrected chi connectivity index (χ1v) is 7.16. The molecule has 0 aliphatic rings. The van der Waals surface area contributed by atoms with Crippen LogP contribution in [-0.2, 0) is 7.05 Å². The van der Waals surface area contributed by atoms with Gasteiger partial charge >= 0.3 is 0 Å². The number of nitriles is 1. The molecule has 0 aliphatic carbocycles. The third kappa shape index (κ3) is 2.19. The van der Waals surface area contributed by atoms with Crippen molar-refractivity contribution in [2.75, 3.05) is 0 Å². The van der Waals surface area contributed by atoms with Gasteiger partial charge in [-0.1, -0.05) is 43.3 Å². The van der Waals surface area contributed by atoms with Crippen LogP contribution in [0.4, 0.5) is 0 Å². The number of imidazole rings is 1. The van der Waals surface area contributed by atoms with E-state index in [1.54, 1.807) is 0 Å². The number of hydrogen-bond acceptors (Lipinski definition) is 2. The molecule has 1 unspecified atom stereocenters. The highest BCUT2D eigenvalue weighted by atomic mass is 15.1. The number of aromatic nitrogens is 2. The predicted molar refractivity (Wildman–Crippen MR) is 84.0 cm³/mol. The van der Waals surface area contributed by atoms with Gasteiger partial charge in [-0.25, -0.2) is 4.98 Å². The third-order valence-electron chi connectivity index (χ3n) is 3.99. The van der Waals surface area contributed by atoms with Gasteiger partial charge in [0, 0.05) is 13.0 Å². The fourth-order valence-electron chi connectivity index (χ4n) is 2.89. The van der Waals surface area contributed by atoms with Crippen LogP contribution in [0.15, 0.2) is 48.5 Å². The van der Waals surface area contributed by atoms with Crippen molar-refractivity contribution in [1.29, 1.82) is 5.26 Å². The Balaban J connectivity index is 2.20. The molecule has 0 saturated heterocycles. The number of benzene rings is 2. The lowest BCUT2D eigenvalue weighted by atomic mass is 9.96. The van der Waals surface area contributed by atoms with E-state index in [1.807, 2.05) is 31.3 Å². The van der Waals surface area contributed by atoms with Crippen LogP contribution in [0.2, 0.25) is 0 Å². The Morgan fingerprint density at radius 3 is 2.57 bits per heavy atom. The molecule has 3 heteroatoms. The van der Waals surface area contributed by atoms with Gasteiger partial charge in [0.05, 0.1) is 11.1 Å². The number of rotatable bonds is 3. The fraction of sp³-hybridized carbons (Fsp3) is 0.222. The zero-order valence-corrected chi connectivity index (χ0v) is 12.2. The van der Waals surface area contributed by atoms with Gasteiger partial charge in [-0.15, -0.1) is 0 Å². The molecule has 104 valence electrons. The molecule has 3 aromatic rings. The van der Waals surface area contributed by atoms with Gasteiger partial charge < -0.3 is 4.57 Å². The van der Waals surface area contributed by atoms with Crippen molar-refractivity contribution < 1.29 is 0 Å². The summed E-state index contributed by atoms with van der Waals surface area (Å²) in [6.45, 7) is 2.17. The second-order valence-electron chi connectivity index (χ2n) is 5.19. The number of hydrogen-bond donors (Lipinski definition) is 0. The van der Waals surface area contributed by atoms with Crippen LogP contribution in [0.5, 0.6) is 0 Å². The lowest BCUT2D eigenvalue weighted by Crippen LogP contribution is -2.07. The zero-order valence-electron chi connectivity index (χ0n) is 12.2. The van der Waals surface area contributed by atoms with Crippen LogP contribution in [-0.4, -0.2) is 9.55 Å². The summed E-state index contributed by atoms with van der Waals surface area (Å²) in [7, 11) is 2.03. The SMILES string of the molecule is CCC(c1ccccc1)c1nc2c(C#N)cccc2n1C. The van der Waals surface area contributed by atoms with E-state index in [0.717, 1.165) is 23.3 Å². The van der Waals surface area contributed by atoms with Crippen LogP contribution >= 0.6 is 0 Å². The molecular formula is C18H17N3. The molecule has 0 bridgehead atoms. The van der Waals surface area contributed by atoms with Crippen molar-refractivity contribution in [2.45, 2.75) is 19.3 Å². The highest BCUT2D eigenvalue weighted by Gasteiger charge is 2.19. The molecule has 3 nitrogen and oxygen atoms in total. The van der Waals surface area contributed by atoms with E-state index in [9.17, 15) is 5.26 Å². The standard InChI is InChI=1S/C18H17N3/c1-3-15(13-8-5-4-6-9-13)18-20-17-14(12-19)10-7-11-16(17)21(18)2/h4-11,15H,3H2,1-2H3. The van der Waals surface area contributed by atoms with E-state index in [0.29, 0.717) is 5.56 Å². The molecule has 1 atom stereocenters. The smallest absolute Gasteiger partial charge is 0.117 e. The molecule has 1 aromatic heterocycles. The Kier molecular flexibility index (Phi) is 3.45. The first-order chi connectivity index (χ1) is 10.3. The zero-order chi connectivity index (χ0) is 14.8. The number of aryl methyl sites for hydroxylation is 1. The summed E-state index contributed by atoms with van der Waals surface area (Å²) < 4.78 is 2.11. The van der Waals surface area contributed by atoms with E-state index >= 15 is 0 Å². The summed E-state index contributed by atoms with van der Waals surface area (Å²) in [4.78, 5) is 4.77. The molecule has 3 rings (SSSR count). The molecule has 1 heterocycles. The monoisotopic (exact) mass is 275 g/mol.